The maximum atomic E-state index is 13.1. The number of furan rings is 1. The normalized spacial score (nSPS) is 18.1. The molecule has 1 N–H and O–H groups in total. The van der Waals surface area contributed by atoms with Crippen molar-refractivity contribution in [3.05, 3.63) is 89.6 Å². The fraction of sp³-hybridized carbons (Fsp3) is 0.130. The minimum Gasteiger partial charge on any atom is -0.503 e. The average Bonchev–Trinajstić information content (AvgIpc) is 3.41. The van der Waals surface area contributed by atoms with Gasteiger partial charge in [-0.05, 0) is 29.8 Å². The summed E-state index contributed by atoms with van der Waals surface area (Å²) >= 11 is 0. The van der Waals surface area contributed by atoms with Crippen molar-refractivity contribution >= 4 is 17.4 Å². The molecule has 0 spiro atoms. The van der Waals surface area contributed by atoms with Crippen molar-refractivity contribution < 1.29 is 28.6 Å². The van der Waals surface area contributed by atoms with Crippen LogP contribution >= 0.6 is 0 Å². The van der Waals surface area contributed by atoms with Crippen LogP contribution in [0.2, 0.25) is 0 Å². The average molecular weight is 403 g/mol. The Labute approximate surface area is 171 Å². The molecule has 0 saturated heterocycles. The van der Waals surface area contributed by atoms with Gasteiger partial charge in [0.2, 0.25) is 5.78 Å². The van der Waals surface area contributed by atoms with Crippen LogP contribution in [0.4, 0.5) is 5.69 Å². The quantitative estimate of drug-likeness (QED) is 0.666. The number of aliphatic hydroxyl groups excluding tert-OH is 1. The van der Waals surface area contributed by atoms with E-state index >= 15 is 0 Å². The van der Waals surface area contributed by atoms with Crippen molar-refractivity contribution in [3.63, 3.8) is 0 Å². The topological polar surface area (TPSA) is 89.2 Å². The highest BCUT2D eigenvalue weighted by molar-refractivity contribution is 6.20. The molecule has 7 heteroatoms. The van der Waals surface area contributed by atoms with Crippen molar-refractivity contribution in [2.75, 3.05) is 18.1 Å². The lowest BCUT2D eigenvalue weighted by molar-refractivity contribution is -0.117. The SMILES string of the molecule is O=C(C1=C(O)C(=O)N(c2ccc3c(c2)OCCO3)C1c1ccccc1)c1ccco1. The summed E-state index contributed by atoms with van der Waals surface area (Å²) in [6.45, 7) is 0.851. The first kappa shape index (κ1) is 18.1. The van der Waals surface area contributed by atoms with E-state index in [1.807, 2.05) is 18.2 Å². The highest BCUT2D eigenvalue weighted by Gasteiger charge is 2.45. The molecule has 5 rings (SSSR count). The van der Waals surface area contributed by atoms with E-state index in [1.165, 1.54) is 17.2 Å². The lowest BCUT2D eigenvalue weighted by atomic mass is 9.95. The molecule has 1 atom stereocenters. The van der Waals surface area contributed by atoms with Crippen molar-refractivity contribution in [1.82, 2.24) is 0 Å². The molecule has 3 aromatic rings. The van der Waals surface area contributed by atoms with Crippen LogP contribution in [0.5, 0.6) is 11.5 Å². The van der Waals surface area contributed by atoms with Crippen LogP contribution in [0.25, 0.3) is 0 Å². The van der Waals surface area contributed by atoms with Gasteiger partial charge in [-0.3, -0.25) is 14.5 Å². The number of rotatable bonds is 4. The number of carbonyl (C=O) groups excluding carboxylic acids is 2. The summed E-state index contributed by atoms with van der Waals surface area (Å²) in [5, 5.41) is 10.7. The number of hydrogen-bond acceptors (Lipinski definition) is 6. The first-order chi connectivity index (χ1) is 14.6. The molecule has 0 aliphatic carbocycles. The molecule has 0 bridgehead atoms. The van der Waals surface area contributed by atoms with Crippen LogP contribution in [0, 0.1) is 0 Å². The second kappa shape index (κ2) is 7.11. The van der Waals surface area contributed by atoms with Gasteiger partial charge in [0.25, 0.3) is 5.91 Å². The number of carbonyl (C=O) groups is 2. The molecular weight excluding hydrogens is 386 g/mol. The van der Waals surface area contributed by atoms with Crippen molar-refractivity contribution in [2.45, 2.75) is 6.04 Å². The molecule has 2 aliphatic heterocycles. The third kappa shape index (κ3) is 2.83. The lowest BCUT2D eigenvalue weighted by Gasteiger charge is -2.28. The predicted molar refractivity (Wildman–Crippen MR) is 107 cm³/mol. The summed E-state index contributed by atoms with van der Waals surface area (Å²) in [6, 6.07) is 16.4. The number of hydrogen-bond donors (Lipinski definition) is 1. The van der Waals surface area contributed by atoms with E-state index < -0.39 is 23.5 Å². The molecule has 0 fully saturated rings. The molecule has 150 valence electrons. The van der Waals surface area contributed by atoms with Crippen LogP contribution in [0.1, 0.15) is 22.2 Å². The van der Waals surface area contributed by atoms with Gasteiger partial charge in [0.1, 0.15) is 13.2 Å². The Morgan fingerprint density at radius 1 is 0.967 bits per heavy atom. The first-order valence-electron chi connectivity index (χ1n) is 9.44. The molecule has 2 aliphatic rings. The molecule has 2 aromatic carbocycles. The molecule has 1 unspecified atom stereocenters. The predicted octanol–water partition coefficient (Wildman–Crippen LogP) is 3.83. The van der Waals surface area contributed by atoms with E-state index in [2.05, 4.69) is 0 Å². The molecule has 0 saturated carbocycles. The van der Waals surface area contributed by atoms with E-state index in [1.54, 1.807) is 36.4 Å². The summed E-state index contributed by atoms with van der Waals surface area (Å²) < 4.78 is 16.4. The van der Waals surface area contributed by atoms with E-state index in [-0.39, 0.29) is 11.3 Å². The number of anilines is 1. The first-order valence-corrected chi connectivity index (χ1v) is 9.44. The second-order valence-electron chi connectivity index (χ2n) is 6.89. The third-order valence-electron chi connectivity index (χ3n) is 5.12. The van der Waals surface area contributed by atoms with Crippen molar-refractivity contribution in [1.29, 1.82) is 0 Å². The summed E-state index contributed by atoms with van der Waals surface area (Å²) in [5.74, 6) is -0.676. The van der Waals surface area contributed by atoms with Gasteiger partial charge in [-0.2, -0.15) is 0 Å². The number of aliphatic hydroxyl groups is 1. The fourth-order valence-electron chi connectivity index (χ4n) is 3.78. The van der Waals surface area contributed by atoms with Gasteiger partial charge in [-0.25, -0.2) is 0 Å². The smallest absolute Gasteiger partial charge is 0.294 e. The summed E-state index contributed by atoms with van der Waals surface area (Å²) in [5.41, 5.74) is 1.13. The van der Waals surface area contributed by atoms with E-state index in [0.29, 0.717) is 36.0 Å². The second-order valence-corrected chi connectivity index (χ2v) is 6.89. The fourth-order valence-corrected chi connectivity index (χ4v) is 3.78. The van der Waals surface area contributed by atoms with Gasteiger partial charge in [0, 0.05) is 11.8 Å². The minimum absolute atomic E-state index is 0.0314. The Hall–Kier alpha value is -4.00. The van der Waals surface area contributed by atoms with Crippen LogP contribution in [0.15, 0.2) is 82.7 Å². The molecule has 3 heterocycles. The Balaban J connectivity index is 1.64. The number of ketones is 1. The van der Waals surface area contributed by atoms with Gasteiger partial charge in [0.05, 0.1) is 17.9 Å². The summed E-state index contributed by atoms with van der Waals surface area (Å²) in [6.07, 6.45) is 1.37. The molecule has 30 heavy (non-hydrogen) atoms. The zero-order chi connectivity index (χ0) is 20.7. The van der Waals surface area contributed by atoms with Crippen molar-refractivity contribution in [2.24, 2.45) is 0 Å². The number of amides is 1. The maximum Gasteiger partial charge on any atom is 0.294 e. The number of nitrogens with zero attached hydrogens (tertiary/aromatic N) is 1. The van der Waals surface area contributed by atoms with Gasteiger partial charge >= 0.3 is 0 Å². The van der Waals surface area contributed by atoms with Crippen LogP contribution in [0.3, 0.4) is 0 Å². The highest BCUT2D eigenvalue weighted by Crippen LogP contribution is 2.44. The third-order valence-corrected chi connectivity index (χ3v) is 5.12. The van der Waals surface area contributed by atoms with Gasteiger partial charge < -0.3 is 19.0 Å². The Bertz CT molecular complexity index is 1150. The van der Waals surface area contributed by atoms with Crippen LogP contribution < -0.4 is 14.4 Å². The van der Waals surface area contributed by atoms with Gasteiger partial charge in [-0.15, -0.1) is 0 Å². The Morgan fingerprint density at radius 2 is 1.73 bits per heavy atom. The minimum atomic E-state index is -0.821. The molecule has 1 aromatic heterocycles. The van der Waals surface area contributed by atoms with Gasteiger partial charge in [-0.1, -0.05) is 30.3 Å². The lowest BCUT2D eigenvalue weighted by Crippen LogP contribution is -2.31. The zero-order valence-electron chi connectivity index (χ0n) is 15.8. The molecular formula is C23H17NO6. The van der Waals surface area contributed by atoms with Crippen LogP contribution in [-0.2, 0) is 4.79 Å². The molecule has 1 amide bonds. The Morgan fingerprint density at radius 3 is 2.47 bits per heavy atom. The van der Waals surface area contributed by atoms with E-state index in [9.17, 15) is 14.7 Å². The molecule has 7 nitrogen and oxygen atoms in total. The van der Waals surface area contributed by atoms with Gasteiger partial charge in [0.15, 0.2) is 23.0 Å². The Kier molecular flexibility index (Phi) is 4.28. The standard InChI is InChI=1S/C23H17NO6/c25-21(17-7-4-10-28-17)19-20(14-5-2-1-3-6-14)24(23(27)22(19)26)15-8-9-16-18(13-15)30-12-11-29-16/h1-10,13,20,26H,11-12H2. The number of fused-ring (bicyclic) bond motifs is 1. The number of benzene rings is 2. The van der Waals surface area contributed by atoms with E-state index in [4.69, 9.17) is 13.9 Å². The zero-order valence-corrected chi connectivity index (χ0v) is 15.8. The largest absolute Gasteiger partial charge is 0.503 e. The maximum absolute atomic E-state index is 13.1. The summed E-state index contributed by atoms with van der Waals surface area (Å²) in [4.78, 5) is 27.6. The van der Waals surface area contributed by atoms with Crippen molar-refractivity contribution in [3.8, 4) is 11.5 Å². The number of ether oxygens (including phenoxy) is 2. The highest BCUT2D eigenvalue weighted by atomic mass is 16.6. The molecule has 0 radical (unpaired) electrons. The monoisotopic (exact) mass is 403 g/mol. The van der Waals surface area contributed by atoms with Crippen LogP contribution in [-0.4, -0.2) is 30.0 Å². The number of Topliss-reactive ketones (excluding diaryl/α,β-unsaturated/α-hetero) is 1. The summed E-state index contributed by atoms with van der Waals surface area (Å²) in [7, 11) is 0. The van der Waals surface area contributed by atoms with E-state index in [0.717, 1.165) is 0 Å².